The fraction of sp³-hybridized carbons (Fsp3) is 0.520. The van der Waals surface area contributed by atoms with Gasteiger partial charge in [0, 0.05) is 24.2 Å². The Kier molecular flexibility index (Phi) is 5.03. The summed E-state index contributed by atoms with van der Waals surface area (Å²) in [6, 6.07) is 6.91. The molecule has 1 saturated heterocycles. The molecule has 6 heteroatoms. The molecule has 0 unspecified atom stereocenters. The van der Waals surface area contributed by atoms with Gasteiger partial charge in [-0.25, -0.2) is 0 Å². The van der Waals surface area contributed by atoms with Gasteiger partial charge in [0.1, 0.15) is 0 Å². The van der Waals surface area contributed by atoms with E-state index in [1.165, 1.54) is 18.2 Å². The van der Waals surface area contributed by atoms with Gasteiger partial charge < -0.3 is 5.32 Å². The summed E-state index contributed by atoms with van der Waals surface area (Å²) in [4.78, 5) is 51.0. The standard InChI is InChI=1S/C25H28N2O4/c1-14(28)15-6-5-7-16(12-15)26-21(29)8-3-2-4-11-27-24(30)22-17-9-10-18(20-13-19(17)20)23(22)25(27)31/h5-7,9-10,12,17-20,22-23H,2-4,8,11,13H2,1H3,(H,26,29)/t17-,18+,19-,20-,22+,23+/m1/s1. The van der Waals surface area contributed by atoms with Gasteiger partial charge in [-0.05, 0) is 62.0 Å². The molecule has 3 fully saturated rings. The van der Waals surface area contributed by atoms with Crippen molar-refractivity contribution in [3.8, 4) is 0 Å². The number of hydrogen-bond acceptors (Lipinski definition) is 4. The summed E-state index contributed by atoms with van der Waals surface area (Å²) in [5.41, 5.74) is 1.19. The number of amides is 3. The van der Waals surface area contributed by atoms with E-state index < -0.39 is 0 Å². The Bertz CT molecular complexity index is 947. The lowest BCUT2D eigenvalue weighted by Gasteiger charge is -2.37. The van der Waals surface area contributed by atoms with Gasteiger partial charge in [0.25, 0.3) is 0 Å². The fourth-order valence-corrected chi connectivity index (χ4v) is 6.01. The molecule has 4 aliphatic carbocycles. The van der Waals surface area contributed by atoms with E-state index in [0.717, 1.165) is 12.8 Å². The Labute approximate surface area is 182 Å². The molecule has 1 aromatic rings. The third-order valence-electron chi connectivity index (χ3n) is 7.59. The first-order chi connectivity index (χ1) is 15.0. The molecule has 1 heterocycles. The molecule has 0 aromatic heterocycles. The van der Waals surface area contributed by atoms with Gasteiger partial charge in [0.05, 0.1) is 11.8 Å². The number of unbranched alkanes of at least 4 members (excludes halogenated alkanes) is 2. The van der Waals surface area contributed by atoms with Crippen molar-refractivity contribution < 1.29 is 19.2 Å². The fourth-order valence-electron chi connectivity index (χ4n) is 6.01. The van der Waals surface area contributed by atoms with Gasteiger partial charge in [0.2, 0.25) is 17.7 Å². The second-order valence-corrected chi connectivity index (χ2v) is 9.48. The molecule has 3 amide bonds. The first-order valence-electron chi connectivity index (χ1n) is 11.4. The number of hydrogen-bond donors (Lipinski definition) is 1. The van der Waals surface area contributed by atoms with Gasteiger partial charge in [-0.1, -0.05) is 30.7 Å². The Morgan fingerprint density at radius 2 is 1.68 bits per heavy atom. The van der Waals surface area contributed by atoms with Crippen LogP contribution in [0.5, 0.6) is 0 Å². The summed E-state index contributed by atoms with van der Waals surface area (Å²) in [5, 5.41) is 2.83. The molecular formula is C25H28N2O4. The Morgan fingerprint density at radius 3 is 2.32 bits per heavy atom. The summed E-state index contributed by atoms with van der Waals surface area (Å²) in [7, 11) is 0. The molecule has 1 N–H and O–H groups in total. The average molecular weight is 421 g/mol. The van der Waals surface area contributed by atoms with Crippen LogP contribution < -0.4 is 5.32 Å². The molecule has 1 aromatic carbocycles. The zero-order valence-corrected chi connectivity index (χ0v) is 17.8. The van der Waals surface area contributed by atoms with Crippen LogP contribution in [0, 0.1) is 35.5 Å². The number of ketones is 1. The number of Topliss-reactive ketones (excluding diaryl/α,β-unsaturated/α-hetero) is 1. The zero-order valence-electron chi connectivity index (χ0n) is 17.8. The van der Waals surface area contributed by atoms with Crippen LogP contribution in [0.4, 0.5) is 5.69 Å². The summed E-state index contributed by atoms with van der Waals surface area (Å²) in [6.45, 7) is 1.96. The van der Waals surface area contributed by atoms with E-state index >= 15 is 0 Å². The molecule has 5 aliphatic rings. The predicted molar refractivity (Wildman–Crippen MR) is 115 cm³/mol. The first kappa shape index (κ1) is 20.2. The lowest BCUT2D eigenvalue weighted by atomic mass is 9.63. The van der Waals surface area contributed by atoms with Gasteiger partial charge in [0.15, 0.2) is 5.78 Å². The summed E-state index contributed by atoms with van der Waals surface area (Å²) >= 11 is 0. The van der Waals surface area contributed by atoms with Crippen molar-refractivity contribution >= 4 is 29.2 Å². The number of anilines is 1. The maximum atomic E-state index is 12.9. The average Bonchev–Trinajstić information content (AvgIpc) is 3.53. The molecule has 0 radical (unpaired) electrons. The maximum absolute atomic E-state index is 12.9. The quantitative estimate of drug-likeness (QED) is 0.302. The third-order valence-corrected chi connectivity index (χ3v) is 7.59. The number of imide groups is 1. The van der Waals surface area contributed by atoms with Gasteiger partial charge >= 0.3 is 0 Å². The normalized spacial score (nSPS) is 32.1. The lowest BCUT2D eigenvalue weighted by Crippen LogP contribution is -2.40. The minimum absolute atomic E-state index is 0.0304. The zero-order chi connectivity index (χ0) is 21.7. The number of allylic oxidation sites excluding steroid dienone is 2. The largest absolute Gasteiger partial charge is 0.326 e. The number of nitrogens with one attached hydrogen (secondary N) is 1. The number of rotatable bonds is 8. The molecule has 2 bridgehead atoms. The van der Waals surface area contributed by atoms with E-state index in [0.29, 0.717) is 42.5 Å². The van der Waals surface area contributed by atoms with Crippen LogP contribution in [0.15, 0.2) is 36.4 Å². The molecule has 31 heavy (non-hydrogen) atoms. The van der Waals surface area contributed by atoms with E-state index in [4.69, 9.17) is 0 Å². The van der Waals surface area contributed by atoms with Crippen LogP contribution in [0.25, 0.3) is 0 Å². The first-order valence-corrected chi connectivity index (χ1v) is 11.4. The summed E-state index contributed by atoms with van der Waals surface area (Å²) in [5.74, 6) is 1.48. The molecule has 6 rings (SSSR count). The highest BCUT2D eigenvalue weighted by Crippen LogP contribution is 2.65. The highest BCUT2D eigenvalue weighted by Gasteiger charge is 2.66. The Balaban J connectivity index is 1.07. The van der Waals surface area contributed by atoms with E-state index in [1.807, 2.05) is 0 Å². The van der Waals surface area contributed by atoms with E-state index in [1.54, 1.807) is 24.3 Å². The van der Waals surface area contributed by atoms with Gasteiger partial charge in [-0.15, -0.1) is 0 Å². The van der Waals surface area contributed by atoms with Crippen LogP contribution in [-0.2, 0) is 14.4 Å². The van der Waals surface area contributed by atoms with E-state index in [9.17, 15) is 19.2 Å². The molecule has 2 saturated carbocycles. The molecule has 162 valence electrons. The van der Waals surface area contributed by atoms with Crippen molar-refractivity contribution in [2.24, 2.45) is 35.5 Å². The number of likely N-dealkylation sites (tertiary alicyclic amines) is 1. The van der Waals surface area contributed by atoms with Crippen molar-refractivity contribution in [1.29, 1.82) is 0 Å². The second kappa shape index (κ2) is 7.74. The van der Waals surface area contributed by atoms with Crippen molar-refractivity contribution in [3.05, 3.63) is 42.0 Å². The third kappa shape index (κ3) is 3.52. The van der Waals surface area contributed by atoms with Gasteiger partial charge in [-0.2, -0.15) is 0 Å². The van der Waals surface area contributed by atoms with E-state index in [-0.39, 0.29) is 47.2 Å². The Hall–Kier alpha value is -2.76. The number of nitrogens with zero attached hydrogens (tertiary/aromatic N) is 1. The van der Waals surface area contributed by atoms with Gasteiger partial charge in [-0.3, -0.25) is 24.1 Å². The minimum Gasteiger partial charge on any atom is -0.326 e. The molecule has 0 spiro atoms. The molecule has 6 nitrogen and oxygen atoms in total. The Morgan fingerprint density at radius 1 is 1.00 bits per heavy atom. The van der Waals surface area contributed by atoms with Crippen LogP contribution in [0.1, 0.15) is 49.4 Å². The number of carbonyl (C=O) groups is 4. The number of benzene rings is 1. The van der Waals surface area contributed by atoms with Crippen molar-refractivity contribution in [2.45, 2.75) is 39.0 Å². The monoisotopic (exact) mass is 420 g/mol. The van der Waals surface area contributed by atoms with Crippen LogP contribution >= 0.6 is 0 Å². The number of carbonyl (C=O) groups excluding carboxylic acids is 4. The molecular weight excluding hydrogens is 392 g/mol. The van der Waals surface area contributed by atoms with Crippen molar-refractivity contribution in [2.75, 3.05) is 11.9 Å². The van der Waals surface area contributed by atoms with Crippen LogP contribution in [0.3, 0.4) is 0 Å². The smallest absolute Gasteiger partial charge is 0.233 e. The van der Waals surface area contributed by atoms with E-state index in [2.05, 4.69) is 17.5 Å². The van der Waals surface area contributed by atoms with Crippen molar-refractivity contribution in [3.63, 3.8) is 0 Å². The van der Waals surface area contributed by atoms with Crippen LogP contribution in [0.2, 0.25) is 0 Å². The maximum Gasteiger partial charge on any atom is 0.233 e. The molecule has 6 atom stereocenters. The predicted octanol–water partition coefficient (Wildman–Crippen LogP) is 3.44. The highest BCUT2D eigenvalue weighted by atomic mass is 16.2. The minimum atomic E-state index is -0.122. The lowest BCUT2D eigenvalue weighted by molar-refractivity contribution is -0.140. The van der Waals surface area contributed by atoms with Crippen molar-refractivity contribution in [1.82, 2.24) is 4.90 Å². The summed E-state index contributed by atoms with van der Waals surface area (Å²) in [6.07, 6.45) is 8.13. The topological polar surface area (TPSA) is 83.6 Å². The SMILES string of the molecule is CC(=O)c1cccc(NC(=O)CCCCCN2C(=O)[C@H]3[C@@H]4C=C[C@@H]([C@H]5C[C@H]45)[C@@H]3C2=O)c1. The second-order valence-electron chi connectivity index (χ2n) is 9.48. The summed E-state index contributed by atoms with van der Waals surface area (Å²) < 4.78 is 0. The van der Waals surface area contributed by atoms with Crippen LogP contribution in [-0.4, -0.2) is 34.9 Å². The molecule has 1 aliphatic heterocycles. The highest BCUT2D eigenvalue weighted by molar-refractivity contribution is 6.06.